The van der Waals surface area contributed by atoms with Gasteiger partial charge in [-0.15, -0.1) is 10.0 Å². The van der Waals surface area contributed by atoms with Crippen molar-refractivity contribution in [1.82, 2.24) is 16.2 Å². The maximum absolute atomic E-state index is 12.2. The van der Waals surface area contributed by atoms with E-state index >= 15 is 0 Å². The van der Waals surface area contributed by atoms with Crippen molar-refractivity contribution in [3.63, 3.8) is 0 Å². The Balaban J connectivity index is 0.000000567. The van der Waals surface area contributed by atoms with Crippen LogP contribution < -0.4 is 27.8 Å². The lowest BCUT2D eigenvalue weighted by molar-refractivity contribution is -0.127. The topological polar surface area (TPSA) is 149 Å². The van der Waals surface area contributed by atoms with Crippen molar-refractivity contribution in [3.8, 4) is 0 Å². The van der Waals surface area contributed by atoms with Crippen LogP contribution >= 0.6 is 0 Å². The third-order valence-corrected chi connectivity index (χ3v) is 3.85. The molecule has 0 aliphatic rings. The predicted molar refractivity (Wildman–Crippen MR) is 112 cm³/mol. The molecule has 7 N–H and O–H groups in total. The van der Waals surface area contributed by atoms with E-state index in [1.54, 1.807) is 12.1 Å². The van der Waals surface area contributed by atoms with Gasteiger partial charge in [-0.25, -0.2) is 5.90 Å². The number of rotatable bonds is 12. The van der Waals surface area contributed by atoms with Gasteiger partial charge in [-0.05, 0) is 36.5 Å². The molecule has 0 aliphatic heterocycles. The van der Waals surface area contributed by atoms with Crippen LogP contribution in [0.25, 0.3) is 0 Å². The summed E-state index contributed by atoms with van der Waals surface area (Å²) in [4.78, 5) is 37.7. The predicted octanol–water partition coefficient (Wildman–Crippen LogP) is 1.08. The van der Waals surface area contributed by atoms with Crippen LogP contribution in [0.4, 0.5) is 4.48 Å². The summed E-state index contributed by atoms with van der Waals surface area (Å²) in [6.45, 7) is 6.58. The maximum Gasteiger partial charge on any atom is 0.251 e. The quantitative estimate of drug-likeness (QED) is 0.191. The van der Waals surface area contributed by atoms with Gasteiger partial charge in [0.1, 0.15) is 6.04 Å². The Morgan fingerprint density at radius 2 is 1.90 bits per heavy atom. The Kier molecular flexibility index (Phi) is 14.9. The highest BCUT2D eigenvalue weighted by molar-refractivity contribution is 5.94. The molecule has 0 spiro atoms. The number of carbonyl (C=O) groups is 3. The SMILES string of the molecule is CC(C)CC(NF)C(=O)NCC(N)=O.CCCCNC(=O)c1cccc(CON)c1. The number of nitrogens with two attached hydrogens (primary N) is 2. The molecule has 0 aromatic heterocycles. The van der Waals surface area contributed by atoms with Crippen LogP contribution in [0.1, 0.15) is 56.0 Å². The minimum atomic E-state index is -0.922. The third kappa shape index (κ3) is 12.8. The van der Waals surface area contributed by atoms with E-state index in [2.05, 4.69) is 22.4 Å². The number of primary amides is 1. The van der Waals surface area contributed by atoms with Crippen LogP contribution in [0.2, 0.25) is 0 Å². The zero-order valence-electron chi connectivity index (χ0n) is 17.9. The Morgan fingerprint density at radius 3 is 2.43 bits per heavy atom. The van der Waals surface area contributed by atoms with Crippen molar-refractivity contribution in [2.45, 2.75) is 52.7 Å². The van der Waals surface area contributed by atoms with Gasteiger partial charge in [0, 0.05) is 12.1 Å². The molecule has 170 valence electrons. The van der Waals surface area contributed by atoms with E-state index in [0.717, 1.165) is 18.4 Å². The largest absolute Gasteiger partial charge is 0.368 e. The minimum absolute atomic E-state index is 0.0488. The number of unbranched alkanes of at least 4 members (excludes halogenated alkanes) is 1. The Hall–Kier alpha value is -2.56. The molecule has 1 aromatic carbocycles. The number of nitrogens with one attached hydrogen (secondary N) is 3. The molecule has 30 heavy (non-hydrogen) atoms. The first kappa shape index (κ1) is 27.4. The first-order chi connectivity index (χ1) is 14.2. The standard InChI is InChI=1S/C12H18N2O2.C8H16FN3O2/c1-2-3-7-14-12(15)11-6-4-5-10(8-11)9-16-13;1-5(2)3-6(12-9)8(14)11-4-7(10)13/h4-6,8H,2-3,7,9,13H2,1H3,(H,14,15);5-6,12H,3-4H2,1-2H3,(H2,10,13)(H,11,14). The second-order valence-corrected chi connectivity index (χ2v) is 7.10. The Labute approximate surface area is 177 Å². The molecule has 9 nitrogen and oxygen atoms in total. The number of benzene rings is 1. The van der Waals surface area contributed by atoms with Crippen molar-refractivity contribution in [2.75, 3.05) is 13.1 Å². The fraction of sp³-hybridized carbons (Fsp3) is 0.550. The molecule has 1 unspecified atom stereocenters. The number of amides is 3. The number of hydrogen-bond donors (Lipinski definition) is 5. The first-order valence-corrected chi connectivity index (χ1v) is 9.86. The molecule has 0 saturated heterocycles. The van der Waals surface area contributed by atoms with E-state index in [0.29, 0.717) is 25.1 Å². The lowest BCUT2D eigenvalue weighted by atomic mass is 10.0. The zero-order chi connectivity index (χ0) is 22.9. The molecule has 1 rings (SSSR count). The first-order valence-electron chi connectivity index (χ1n) is 9.86. The average Bonchev–Trinajstić information content (AvgIpc) is 2.71. The second-order valence-electron chi connectivity index (χ2n) is 7.10. The lowest BCUT2D eigenvalue weighted by Crippen LogP contribution is -2.44. The van der Waals surface area contributed by atoms with Gasteiger partial charge in [0.25, 0.3) is 5.91 Å². The van der Waals surface area contributed by atoms with E-state index in [-0.39, 0.29) is 18.4 Å². The normalized spacial score (nSPS) is 11.3. The molecule has 10 heteroatoms. The van der Waals surface area contributed by atoms with E-state index < -0.39 is 17.9 Å². The highest BCUT2D eigenvalue weighted by Gasteiger charge is 2.19. The number of hydrogen-bond acceptors (Lipinski definition) is 6. The van der Waals surface area contributed by atoms with E-state index in [1.165, 1.54) is 5.54 Å². The van der Waals surface area contributed by atoms with Gasteiger partial charge >= 0.3 is 0 Å². The van der Waals surface area contributed by atoms with Crippen LogP contribution in [-0.2, 0) is 21.0 Å². The molecule has 1 atom stereocenters. The van der Waals surface area contributed by atoms with Gasteiger partial charge in [0.05, 0.1) is 13.2 Å². The summed E-state index contributed by atoms with van der Waals surface area (Å²) < 4.78 is 12.2. The summed E-state index contributed by atoms with van der Waals surface area (Å²) in [6.07, 6.45) is 2.43. The third-order valence-electron chi connectivity index (χ3n) is 3.85. The molecule has 0 fully saturated rings. The molecular formula is C20H34FN5O4. The minimum Gasteiger partial charge on any atom is -0.368 e. The summed E-state index contributed by atoms with van der Waals surface area (Å²) in [5.74, 6) is 3.91. The molecule has 3 amide bonds. The van der Waals surface area contributed by atoms with E-state index in [4.69, 9.17) is 11.6 Å². The van der Waals surface area contributed by atoms with Gasteiger partial charge in [0.2, 0.25) is 11.8 Å². The Bertz CT molecular complexity index is 658. The van der Waals surface area contributed by atoms with Crippen molar-refractivity contribution in [1.29, 1.82) is 0 Å². The van der Waals surface area contributed by atoms with Crippen molar-refractivity contribution in [2.24, 2.45) is 17.5 Å². The van der Waals surface area contributed by atoms with Crippen molar-refractivity contribution in [3.05, 3.63) is 35.4 Å². The maximum atomic E-state index is 12.2. The molecule has 0 aliphatic carbocycles. The second kappa shape index (κ2) is 16.3. The van der Waals surface area contributed by atoms with Crippen molar-refractivity contribution >= 4 is 17.7 Å². The zero-order valence-corrected chi connectivity index (χ0v) is 17.9. The molecule has 0 radical (unpaired) electrons. The number of carbonyl (C=O) groups excluding carboxylic acids is 3. The van der Waals surface area contributed by atoms with Gasteiger partial charge in [0.15, 0.2) is 0 Å². The molecular weight excluding hydrogens is 393 g/mol. The van der Waals surface area contributed by atoms with E-state index in [1.807, 2.05) is 26.0 Å². The van der Waals surface area contributed by atoms with Crippen LogP contribution in [0.5, 0.6) is 0 Å². The Morgan fingerprint density at radius 1 is 1.20 bits per heavy atom. The smallest absolute Gasteiger partial charge is 0.251 e. The summed E-state index contributed by atoms with van der Waals surface area (Å²) in [5, 5.41) is 5.08. The van der Waals surface area contributed by atoms with Crippen molar-refractivity contribution < 1.29 is 23.7 Å². The van der Waals surface area contributed by atoms with Gasteiger partial charge in [-0.1, -0.05) is 39.3 Å². The summed E-state index contributed by atoms with van der Waals surface area (Å²) in [6, 6.07) is 6.34. The van der Waals surface area contributed by atoms with Crippen LogP contribution in [-0.4, -0.2) is 36.9 Å². The highest BCUT2D eigenvalue weighted by atomic mass is 19.2. The lowest BCUT2D eigenvalue weighted by Gasteiger charge is -2.14. The van der Waals surface area contributed by atoms with Gasteiger partial charge in [-0.2, -0.15) is 0 Å². The summed E-state index contributed by atoms with van der Waals surface area (Å²) in [5.41, 5.74) is 7.75. The number of halogens is 1. The van der Waals surface area contributed by atoms with Crippen LogP contribution in [0, 0.1) is 5.92 Å². The molecule has 0 saturated carbocycles. The highest BCUT2D eigenvalue weighted by Crippen LogP contribution is 2.06. The fourth-order valence-corrected chi connectivity index (χ4v) is 2.35. The van der Waals surface area contributed by atoms with Crippen LogP contribution in [0.3, 0.4) is 0 Å². The monoisotopic (exact) mass is 427 g/mol. The molecule has 1 aromatic rings. The average molecular weight is 428 g/mol. The van der Waals surface area contributed by atoms with Gasteiger partial charge < -0.3 is 16.4 Å². The summed E-state index contributed by atoms with van der Waals surface area (Å²) >= 11 is 0. The van der Waals surface area contributed by atoms with Crippen LogP contribution in [0.15, 0.2) is 24.3 Å². The molecule has 0 heterocycles. The van der Waals surface area contributed by atoms with Gasteiger partial charge in [-0.3, -0.25) is 19.2 Å². The molecule has 0 bridgehead atoms. The van der Waals surface area contributed by atoms with E-state index in [9.17, 15) is 18.9 Å². The summed E-state index contributed by atoms with van der Waals surface area (Å²) in [7, 11) is 0. The fourth-order valence-electron chi connectivity index (χ4n) is 2.35.